The summed E-state index contributed by atoms with van der Waals surface area (Å²) in [4.78, 5) is 56.0. The number of methoxy groups -OCH3 is 1. The highest BCUT2D eigenvalue weighted by atomic mass is 16.5. The molecule has 2 aliphatic heterocycles. The molecule has 0 radical (unpaired) electrons. The van der Waals surface area contributed by atoms with Crippen LogP contribution < -0.4 is 14.8 Å². The number of para-hydroxylation sites is 1. The van der Waals surface area contributed by atoms with Gasteiger partial charge in [0.2, 0.25) is 11.8 Å². The van der Waals surface area contributed by atoms with Crippen LogP contribution in [0.15, 0.2) is 53.5 Å². The van der Waals surface area contributed by atoms with Crippen LogP contribution in [-0.2, 0) is 25.6 Å². The van der Waals surface area contributed by atoms with Crippen molar-refractivity contribution in [2.45, 2.75) is 44.4 Å². The molecule has 188 valence electrons. The van der Waals surface area contributed by atoms with Crippen molar-refractivity contribution in [1.29, 1.82) is 0 Å². The highest BCUT2D eigenvalue weighted by Gasteiger charge is 2.41. The Morgan fingerprint density at radius 1 is 1.14 bits per heavy atom. The van der Waals surface area contributed by atoms with Gasteiger partial charge in [0.05, 0.1) is 31.5 Å². The van der Waals surface area contributed by atoms with Crippen molar-refractivity contribution in [3.05, 3.63) is 54.1 Å². The van der Waals surface area contributed by atoms with Gasteiger partial charge in [0.1, 0.15) is 29.7 Å². The van der Waals surface area contributed by atoms with E-state index in [1.54, 1.807) is 30.3 Å². The number of fused-ring (bicyclic) bond motifs is 1. The van der Waals surface area contributed by atoms with E-state index in [-0.39, 0.29) is 31.0 Å². The number of likely N-dealkylation sites (tertiary alicyclic amines) is 1. The highest BCUT2D eigenvalue weighted by molar-refractivity contribution is 6.44. The molecule has 10 nitrogen and oxygen atoms in total. The Morgan fingerprint density at radius 3 is 2.56 bits per heavy atom. The predicted octanol–water partition coefficient (Wildman–Crippen LogP) is 1.92. The predicted molar refractivity (Wildman–Crippen MR) is 130 cm³/mol. The Balaban J connectivity index is 1.49. The maximum atomic E-state index is 13.3. The topological polar surface area (TPSA) is 135 Å². The Morgan fingerprint density at radius 2 is 1.89 bits per heavy atom. The lowest BCUT2D eigenvalue weighted by molar-refractivity contribution is -0.141. The molecule has 0 aromatic heterocycles. The van der Waals surface area contributed by atoms with Gasteiger partial charge in [-0.1, -0.05) is 24.3 Å². The molecule has 0 saturated carbocycles. The summed E-state index contributed by atoms with van der Waals surface area (Å²) in [6.45, 7) is 1.55. The summed E-state index contributed by atoms with van der Waals surface area (Å²) in [6.07, 6.45) is -0.673. The molecule has 3 atom stereocenters. The van der Waals surface area contributed by atoms with E-state index in [2.05, 4.69) is 10.3 Å². The molecular formula is C26H27N3O7. The fourth-order valence-electron chi connectivity index (χ4n) is 4.55. The van der Waals surface area contributed by atoms with Gasteiger partial charge in [-0.15, -0.1) is 0 Å². The zero-order valence-corrected chi connectivity index (χ0v) is 20.0. The van der Waals surface area contributed by atoms with Gasteiger partial charge in [0.15, 0.2) is 5.78 Å². The number of nitrogens with one attached hydrogen (secondary N) is 1. The van der Waals surface area contributed by atoms with Crippen molar-refractivity contribution in [3.63, 3.8) is 0 Å². The van der Waals surface area contributed by atoms with Gasteiger partial charge in [-0.2, -0.15) is 0 Å². The van der Waals surface area contributed by atoms with Gasteiger partial charge in [0.25, 0.3) is 0 Å². The fraction of sp³-hybridized carbons (Fsp3) is 0.346. The Hall–Kier alpha value is -4.21. The number of aliphatic imine (C=N–C) groups is 1. The lowest BCUT2D eigenvalue weighted by Crippen LogP contribution is -2.52. The number of carbonyl (C=O) groups excluding carboxylic acids is 3. The largest absolute Gasteiger partial charge is 0.496 e. The molecule has 10 heteroatoms. The number of nitrogens with zero attached hydrogens (tertiary/aromatic N) is 2. The van der Waals surface area contributed by atoms with Crippen LogP contribution in [0, 0.1) is 0 Å². The number of hydrogen-bond acceptors (Lipinski definition) is 7. The average Bonchev–Trinajstić information content (AvgIpc) is 3.48. The van der Waals surface area contributed by atoms with Crippen molar-refractivity contribution in [2.24, 2.45) is 4.99 Å². The first-order valence-electron chi connectivity index (χ1n) is 11.6. The van der Waals surface area contributed by atoms with Crippen molar-refractivity contribution in [3.8, 4) is 11.5 Å². The number of carbonyl (C=O) groups is 4. The second-order valence-corrected chi connectivity index (χ2v) is 8.69. The first kappa shape index (κ1) is 24.9. The third kappa shape index (κ3) is 5.37. The van der Waals surface area contributed by atoms with Gasteiger partial charge < -0.3 is 24.8 Å². The van der Waals surface area contributed by atoms with Crippen LogP contribution >= 0.6 is 0 Å². The van der Waals surface area contributed by atoms with Crippen molar-refractivity contribution in [1.82, 2.24) is 10.2 Å². The molecule has 4 rings (SSSR count). The standard InChI is InChI=1S/C26H27N3O7/c1-15(30)29-14-17(36-16-7-4-3-5-8-16)11-22(29)26(34)28-21(13-24(31)32)25(33)20-12-18-19(27-20)9-6-10-23(18)35-2/h3-10,17,21-22H,11-14H2,1-2H3,(H,28,34)(H,31,32)/t17-,21+,22+/m1/s1. The number of aliphatic carboxylic acids is 1. The summed E-state index contributed by atoms with van der Waals surface area (Å²) in [5.74, 6) is -1.59. The summed E-state index contributed by atoms with van der Waals surface area (Å²) >= 11 is 0. The summed E-state index contributed by atoms with van der Waals surface area (Å²) in [5.41, 5.74) is 1.43. The van der Waals surface area contributed by atoms with Gasteiger partial charge in [-0.05, 0) is 24.3 Å². The number of ketones is 1. The number of rotatable bonds is 9. The minimum Gasteiger partial charge on any atom is -0.496 e. The van der Waals surface area contributed by atoms with Crippen LogP contribution in [0.3, 0.4) is 0 Å². The number of benzene rings is 2. The van der Waals surface area contributed by atoms with Crippen LogP contribution in [0.25, 0.3) is 0 Å². The van der Waals surface area contributed by atoms with E-state index in [4.69, 9.17) is 9.47 Å². The summed E-state index contributed by atoms with van der Waals surface area (Å²) in [6, 6.07) is 12.0. The third-order valence-corrected chi connectivity index (χ3v) is 6.24. The second-order valence-electron chi connectivity index (χ2n) is 8.69. The molecule has 0 unspecified atom stereocenters. The molecular weight excluding hydrogens is 466 g/mol. The molecule has 1 fully saturated rings. The molecule has 2 aliphatic rings. The quantitative estimate of drug-likeness (QED) is 0.545. The number of Topliss-reactive ketones (excluding diaryl/α,β-unsaturated/α-hetero) is 1. The number of carboxylic acid groups (broad SMARTS) is 1. The number of carboxylic acids is 1. The maximum absolute atomic E-state index is 13.3. The molecule has 0 bridgehead atoms. The first-order chi connectivity index (χ1) is 17.3. The van der Waals surface area contributed by atoms with Gasteiger partial charge in [-0.25, -0.2) is 4.99 Å². The lowest BCUT2D eigenvalue weighted by atomic mass is 10.00. The van der Waals surface area contributed by atoms with Crippen molar-refractivity contribution >= 4 is 35.0 Å². The van der Waals surface area contributed by atoms with E-state index in [0.29, 0.717) is 17.2 Å². The Labute approximate surface area is 207 Å². The second kappa shape index (κ2) is 10.6. The molecule has 2 aromatic rings. The average molecular weight is 494 g/mol. The van der Waals surface area contributed by atoms with E-state index in [0.717, 1.165) is 5.56 Å². The van der Waals surface area contributed by atoms with Gasteiger partial charge >= 0.3 is 5.97 Å². The lowest BCUT2D eigenvalue weighted by Gasteiger charge is -2.24. The zero-order valence-electron chi connectivity index (χ0n) is 20.0. The van der Waals surface area contributed by atoms with E-state index in [9.17, 15) is 24.3 Å². The molecule has 2 N–H and O–H groups in total. The molecule has 0 spiro atoms. The Kier molecular flexibility index (Phi) is 7.33. The molecule has 0 aliphatic carbocycles. The van der Waals surface area contributed by atoms with Crippen molar-refractivity contribution in [2.75, 3.05) is 13.7 Å². The van der Waals surface area contributed by atoms with Gasteiger partial charge in [-0.3, -0.25) is 19.2 Å². The summed E-state index contributed by atoms with van der Waals surface area (Å²) in [7, 11) is 1.51. The zero-order chi connectivity index (χ0) is 25.8. The van der Waals surface area contributed by atoms with Crippen molar-refractivity contribution < 1.29 is 33.8 Å². The van der Waals surface area contributed by atoms with Crippen LogP contribution in [0.1, 0.15) is 25.3 Å². The first-order valence-corrected chi connectivity index (χ1v) is 11.6. The number of hydrogen-bond donors (Lipinski definition) is 2. The molecule has 1 saturated heterocycles. The minimum atomic E-state index is -1.34. The third-order valence-electron chi connectivity index (χ3n) is 6.24. The number of ether oxygens (including phenoxy) is 2. The minimum absolute atomic E-state index is 0.140. The van der Waals surface area contributed by atoms with E-state index in [1.807, 2.05) is 18.2 Å². The van der Waals surface area contributed by atoms with Crippen LogP contribution in [0.4, 0.5) is 5.69 Å². The van der Waals surface area contributed by atoms with E-state index < -0.39 is 42.3 Å². The monoisotopic (exact) mass is 493 g/mol. The van der Waals surface area contributed by atoms with Crippen LogP contribution in [-0.4, -0.2) is 71.1 Å². The molecule has 36 heavy (non-hydrogen) atoms. The highest BCUT2D eigenvalue weighted by Crippen LogP contribution is 2.34. The fourth-order valence-corrected chi connectivity index (χ4v) is 4.55. The number of amides is 2. The molecule has 2 amide bonds. The van der Waals surface area contributed by atoms with Gasteiger partial charge in [0, 0.05) is 25.3 Å². The van der Waals surface area contributed by atoms with E-state index >= 15 is 0 Å². The Bertz CT molecular complexity index is 1210. The normalized spacial score (nSPS) is 19.2. The smallest absolute Gasteiger partial charge is 0.305 e. The van der Waals surface area contributed by atoms with Crippen LogP contribution in [0.5, 0.6) is 11.5 Å². The molecule has 2 aromatic carbocycles. The molecule has 2 heterocycles. The summed E-state index contributed by atoms with van der Waals surface area (Å²) in [5, 5.41) is 12.0. The van der Waals surface area contributed by atoms with E-state index in [1.165, 1.54) is 18.9 Å². The van der Waals surface area contributed by atoms with Crippen LogP contribution in [0.2, 0.25) is 0 Å². The summed E-state index contributed by atoms with van der Waals surface area (Å²) < 4.78 is 11.3. The maximum Gasteiger partial charge on any atom is 0.305 e. The SMILES string of the molecule is COc1cccc2c1CC(C(=O)[C@H](CC(=O)O)NC(=O)[C@@H]1C[C@@H](Oc3ccccc3)CN1C(C)=O)=N2.